The van der Waals surface area contributed by atoms with Crippen LogP contribution in [0.5, 0.6) is 11.5 Å². The van der Waals surface area contributed by atoms with Gasteiger partial charge in [0.15, 0.2) is 0 Å². The minimum atomic E-state index is -0.317. The first-order chi connectivity index (χ1) is 23.5. The molecule has 2 saturated heterocycles. The van der Waals surface area contributed by atoms with Crippen LogP contribution in [0.2, 0.25) is 0 Å². The van der Waals surface area contributed by atoms with Gasteiger partial charge < -0.3 is 28.4 Å². The summed E-state index contributed by atoms with van der Waals surface area (Å²) >= 11 is 0. The van der Waals surface area contributed by atoms with Crippen molar-refractivity contribution in [2.45, 2.75) is 44.8 Å². The van der Waals surface area contributed by atoms with Crippen molar-refractivity contribution in [2.75, 3.05) is 39.6 Å². The van der Waals surface area contributed by atoms with Crippen molar-refractivity contribution in [2.24, 2.45) is 5.92 Å². The van der Waals surface area contributed by atoms with E-state index in [0.717, 1.165) is 72.6 Å². The molecule has 2 heterocycles. The summed E-state index contributed by atoms with van der Waals surface area (Å²) in [6.45, 7) is 5.62. The van der Waals surface area contributed by atoms with Gasteiger partial charge in [-0.3, -0.25) is 0 Å². The Balaban J connectivity index is 0.828. The Kier molecular flexibility index (Phi) is 11.4. The van der Waals surface area contributed by atoms with Crippen molar-refractivity contribution in [3.05, 3.63) is 108 Å². The van der Waals surface area contributed by atoms with E-state index in [2.05, 4.69) is 6.92 Å². The molecule has 250 valence electrons. The molecule has 0 spiro atoms. The lowest BCUT2D eigenvalue weighted by atomic mass is 10.0. The molecule has 6 rings (SSSR count). The van der Waals surface area contributed by atoms with Crippen LogP contribution in [-0.4, -0.2) is 63.8 Å². The fourth-order valence-electron chi connectivity index (χ4n) is 5.30. The van der Waals surface area contributed by atoms with E-state index in [1.807, 2.05) is 72.8 Å². The maximum absolute atomic E-state index is 12.5. The van der Waals surface area contributed by atoms with Gasteiger partial charge in [-0.2, -0.15) is 0 Å². The minimum absolute atomic E-state index is 0.227. The molecule has 2 atom stereocenters. The molecule has 2 unspecified atom stereocenters. The third-order valence-corrected chi connectivity index (χ3v) is 8.44. The number of esters is 2. The van der Waals surface area contributed by atoms with Crippen LogP contribution in [-0.2, 0) is 18.9 Å². The van der Waals surface area contributed by atoms with Gasteiger partial charge >= 0.3 is 11.9 Å². The first kappa shape index (κ1) is 33.2. The first-order valence-electron chi connectivity index (χ1n) is 16.7. The van der Waals surface area contributed by atoms with Gasteiger partial charge in [-0.25, -0.2) is 9.59 Å². The SMILES string of the molecule is CC(CCCOC(=O)c1ccc(-c2ccc(OCC3CO3)cc2)cc1)CCCOC(=O)c1ccc(-c2ccc(OCC3CO3)cc2)cc1. The normalized spacial score (nSPS) is 16.9. The largest absolute Gasteiger partial charge is 0.491 e. The van der Waals surface area contributed by atoms with Gasteiger partial charge in [0.2, 0.25) is 0 Å². The van der Waals surface area contributed by atoms with Crippen molar-refractivity contribution in [3.63, 3.8) is 0 Å². The number of ether oxygens (including phenoxy) is 6. The number of epoxide rings is 2. The predicted octanol–water partition coefficient (Wildman–Crippen LogP) is 7.79. The molecular formula is C40H42O8. The molecule has 0 bridgehead atoms. The molecule has 2 aliphatic heterocycles. The second-order valence-electron chi connectivity index (χ2n) is 12.4. The van der Waals surface area contributed by atoms with Gasteiger partial charge in [0.25, 0.3) is 0 Å². The van der Waals surface area contributed by atoms with Gasteiger partial charge in [-0.1, -0.05) is 55.5 Å². The summed E-state index contributed by atoms with van der Waals surface area (Å²) in [6, 6.07) is 30.7. The molecule has 0 amide bonds. The highest BCUT2D eigenvalue weighted by Gasteiger charge is 2.23. The van der Waals surface area contributed by atoms with E-state index < -0.39 is 0 Å². The van der Waals surface area contributed by atoms with Gasteiger partial charge in [0.05, 0.1) is 37.6 Å². The average Bonchev–Trinajstić information content (AvgIpc) is 4.07. The maximum atomic E-state index is 12.5. The number of benzene rings is 4. The van der Waals surface area contributed by atoms with Crippen LogP contribution in [0.15, 0.2) is 97.1 Å². The topological polar surface area (TPSA) is 96.1 Å². The molecule has 0 aliphatic carbocycles. The monoisotopic (exact) mass is 650 g/mol. The summed E-state index contributed by atoms with van der Waals surface area (Å²) in [5.41, 5.74) is 5.20. The highest BCUT2D eigenvalue weighted by molar-refractivity contribution is 5.90. The van der Waals surface area contributed by atoms with Gasteiger partial charge in [0, 0.05) is 0 Å². The second kappa shape index (κ2) is 16.4. The zero-order valence-electron chi connectivity index (χ0n) is 27.3. The Morgan fingerprint density at radius 3 is 1.25 bits per heavy atom. The molecule has 0 saturated carbocycles. The minimum Gasteiger partial charge on any atom is -0.491 e. The van der Waals surface area contributed by atoms with E-state index in [0.29, 0.717) is 43.5 Å². The fourth-order valence-corrected chi connectivity index (χ4v) is 5.30. The Morgan fingerprint density at radius 1 is 0.583 bits per heavy atom. The Morgan fingerprint density at radius 2 is 0.917 bits per heavy atom. The summed E-state index contributed by atoms with van der Waals surface area (Å²) < 4.78 is 32.8. The summed E-state index contributed by atoms with van der Waals surface area (Å²) in [5, 5.41) is 0. The van der Waals surface area contributed by atoms with Gasteiger partial charge in [-0.05, 0) is 102 Å². The summed E-state index contributed by atoms with van der Waals surface area (Å²) in [5.74, 6) is 1.43. The molecule has 2 aliphatic rings. The van der Waals surface area contributed by atoms with E-state index in [1.165, 1.54) is 0 Å². The number of carbonyl (C=O) groups is 2. The molecule has 8 nitrogen and oxygen atoms in total. The molecule has 8 heteroatoms. The van der Waals surface area contributed by atoms with Crippen LogP contribution in [0.3, 0.4) is 0 Å². The molecule has 0 radical (unpaired) electrons. The van der Waals surface area contributed by atoms with E-state index in [1.54, 1.807) is 24.3 Å². The highest BCUT2D eigenvalue weighted by atomic mass is 16.6. The molecule has 48 heavy (non-hydrogen) atoms. The molecule has 0 aromatic heterocycles. The molecule has 4 aromatic rings. The number of rotatable bonds is 18. The van der Waals surface area contributed by atoms with Gasteiger partial charge in [-0.15, -0.1) is 0 Å². The van der Waals surface area contributed by atoms with E-state index in [4.69, 9.17) is 28.4 Å². The zero-order valence-corrected chi connectivity index (χ0v) is 27.3. The van der Waals surface area contributed by atoms with Crippen molar-refractivity contribution < 1.29 is 38.0 Å². The summed E-state index contributed by atoms with van der Waals surface area (Å²) in [4.78, 5) is 25.1. The highest BCUT2D eigenvalue weighted by Crippen LogP contribution is 2.25. The summed E-state index contributed by atoms with van der Waals surface area (Å²) in [6.07, 6.45) is 3.87. The molecule has 0 N–H and O–H groups in total. The van der Waals surface area contributed by atoms with E-state index >= 15 is 0 Å². The second-order valence-corrected chi connectivity index (χ2v) is 12.4. The molecule has 4 aromatic carbocycles. The van der Waals surface area contributed by atoms with Gasteiger partial charge in [0.1, 0.15) is 36.9 Å². The van der Waals surface area contributed by atoms with Crippen LogP contribution in [0.1, 0.15) is 53.3 Å². The predicted molar refractivity (Wildman–Crippen MR) is 182 cm³/mol. The van der Waals surface area contributed by atoms with E-state index in [9.17, 15) is 9.59 Å². The smallest absolute Gasteiger partial charge is 0.338 e. The third-order valence-electron chi connectivity index (χ3n) is 8.44. The van der Waals surface area contributed by atoms with Crippen LogP contribution < -0.4 is 9.47 Å². The van der Waals surface area contributed by atoms with Crippen molar-refractivity contribution in [1.82, 2.24) is 0 Å². The van der Waals surface area contributed by atoms with Crippen LogP contribution in [0.4, 0.5) is 0 Å². The molecular weight excluding hydrogens is 608 g/mol. The van der Waals surface area contributed by atoms with Crippen molar-refractivity contribution >= 4 is 11.9 Å². The van der Waals surface area contributed by atoms with Crippen molar-refractivity contribution in [1.29, 1.82) is 0 Å². The van der Waals surface area contributed by atoms with Crippen molar-refractivity contribution in [3.8, 4) is 33.8 Å². The number of carbonyl (C=O) groups excluding carboxylic acids is 2. The lowest BCUT2D eigenvalue weighted by Crippen LogP contribution is -2.09. The fraction of sp³-hybridized carbons (Fsp3) is 0.350. The lowest BCUT2D eigenvalue weighted by molar-refractivity contribution is 0.0491. The average molecular weight is 651 g/mol. The Hall–Kier alpha value is -4.66. The van der Waals surface area contributed by atoms with Crippen LogP contribution in [0.25, 0.3) is 22.3 Å². The zero-order chi connectivity index (χ0) is 33.1. The number of hydrogen-bond donors (Lipinski definition) is 0. The Labute approximate surface area is 281 Å². The van der Waals surface area contributed by atoms with Crippen LogP contribution in [0, 0.1) is 5.92 Å². The van der Waals surface area contributed by atoms with Crippen LogP contribution >= 0.6 is 0 Å². The Bertz CT molecular complexity index is 1480. The third kappa shape index (κ3) is 10.2. The maximum Gasteiger partial charge on any atom is 0.338 e. The first-order valence-corrected chi connectivity index (χ1v) is 16.7. The lowest BCUT2D eigenvalue weighted by Gasteiger charge is -2.12. The van der Waals surface area contributed by atoms with E-state index in [-0.39, 0.29) is 24.1 Å². The quantitative estimate of drug-likeness (QED) is 0.0612. The standard InChI is InChI=1S/C40H42O8/c1-28(4-2-22-43-39(41)33-10-6-29(7-11-33)31-14-18-35(19-15-31)45-24-37-26-47-37)5-3-23-44-40(42)34-12-8-30(9-13-34)32-16-20-36(21-17-32)46-25-38-27-48-38/h6-21,28,37-38H,2-5,22-27H2,1H3. The molecule has 2 fully saturated rings. The summed E-state index contributed by atoms with van der Waals surface area (Å²) in [7, 11) is 0. The number of hydrogen-bond acceptors (Lipinski definition) is 8.